The maximum absolute atomic E-state index is 12.5. The first-order chi connectivity index (χ1) is 11.5. The van der Waals surface area contributed by atoms with Gasteiger partial charge in [-0.15, -0.1) is 24.0 Å². The van der Waals surface area contributed by atoms with Gasteiger partial charge in [-0.05, 0) is 19.4 Å². The largest absolute Gasteiger partial charge is 0.433 e. The monoisotopic (exact) mass is 476 g/mol. The maximum atomic E-state index is 12.5. The number of guanidine groups is 1. The van der Waals surface area contributed by atoms with Gasteiger partial charge in [-0.3, -0.25) is 4.99 Å². The molecule has 1 rings (SSSR count). The van der Waals surface area contributed by atoms with Crippen LogP contribution in [0.3, 0.4) is 0 Å². The average molecular weight is 476 g/mol. The van der Waals surface area contributed by atoms with Crippen molar-refractivity contribution in [2.24, 2.45) is 4.99 Å². The van der Waals surface area contributed by atoms with Crippen LogP contribution in [0.1, 0.15) is 19.0 Å². The van der Waals surface area contributed by atoms with Crippen LogP contribution >= 0.6 is 24.0 Å². The average Bonchev–Trinajstić information content (AvgIpc) is 2.56. The molecule has 11 heteroatoms. The summed E-state index contributed by atoms with van der Waals surface area (Å²) >= 11 is 0. The summed E-state index contributed by atoms with van der Waals surface area (Å²) < 4.78 is 42.8. The minimum Gasteiger partial charge on any atom is -0.382 e. The van der Waals surface area contributed by atoms with E-state index in [2.05, 4.69) is 30.9 Å². The van der Waals surface area contributed by atoms with Gasteiger partial charge in [0.1, 0.15) is 5.69 Å². The molecular weight excluding hydrogens is 452 g/mol. The van der Waals surface area contributed by atoms with Crippen LogP contribution in [0.15, 0.2) is 17.3 Å². The molecule has 7 nitrogen and oxygen atoms in total. The van der Waals surface area contributed by atoms with Gasteiger partial charge >= 0.3 is 6.18 Å². The zero-order valence-corrected chi connectivity index (χ0v) is 16.5. The molecule has 0 amide bonds. The third-order valence-electron chi connectivity index (χ3n) is 2.83. The van der Waals surface area contributed by atoms with E-state index in [1.165, 1.54) is 0 Å². The fraction of sp³-hybridized carbons (Fsp3) is 0.643. The summed E-state index contributed by atoms with van der Waals surface area (Å²) in [5.41, 5.74) is -0.972. The molecule has 1 heterocycles. The van der Waals surface area contributed by atoms with Gasteiger partial charge in [-0.1, -0.05) is 0 Å². The Morgan fingerprint density at radius 2 is 1.96 bits per heavy atom. The van der Waals surface area contributed by atoms with Crippen molar-refractivity contribution < 1.29 is 17.9 Å². The van der Waals surface area contributed by atoms with Crippen molar-refractivity contribution in [3.05, 3.63) is 18.0 Å². The molecule has 0 atom stereocenters. The summed E-state index contributed by atoms with van der Waals surface area (Å²) in [6, 6.07) is 0.831. The summed E-state index contributed by atoms with van der Waals surface area (Å²) in [7, 11) is 1.64. The number of hydrogen-bond acceptors (Lipinski definition) is 5. The van der Waals surface area contributed by atoms with Crippen molar-refractivity contribution in [3.8, 4) is 0 Å². The molecule has 0 unspecified atom stereocenters. The van der Waals surface area contributed by atoms with E-state index in [4.69, 9.17) is 4.74 Å². The van der Waals surface area contributed by atoms with Crippen molar-refractivity contribution in [1.29, 1.82) is 0 Å². The highest BCUT2D eigenvalue weighted by molar-refractivity contribution is 14.0. The zero-order valence-electron chi connectivity index (χ0n) is 14.2. The Morgan fingerprint density at radius 1 is 1.24 bits per heavy atom. The molecule has 1 aromatic rings. The Bertz CT molecular complexity index is 516. The molecule has 0 bridgehead atoms. The second kappa shape index (κ2) is 12.9. The predicted molar refractivity (Wildman–Crippen MR) is 101 cm³/mol. The van der Waals surface area contributed by atoms with E-state index in [1.54, 1.807) is 7.05 Å². The molecule has 3 N–H and O–H groups in total. The van der Waals surface area contributed by atoms with E-state index >= 15 is 0 Å². The second-order valence-corrected chi connectivity index (χ2v) is 4.67. The van der Waals surface area contributed by atoms with Gasteiger partial charge in [0.05, 0.1) is 0 Å². The lowest BCUT2D eigenvalue weighted by Crippen LogP contribution is -2.40. The number of anilines is 1. The lowest BCUT2D eigenvalue weighted by Gasteiger charge is -2.12. The predicted octanol–water partition coefficient (Wildman–Crippen LogP) is 2.12. The summed E-state index contributed by atoms with van der Waals surface area (Å²) in [5, 5.41) is 8.87. The SMILES string of the molecule is CCOCCCNC(=NC)NCCNc1nccc(C(F)(F)F)n1.I. The molecule has 0 aliphatic heterocycles. The first-order valence-electron chi connectivity index (χ1n) is 7.63. The summed E-state index contributed by atoms with van der Waals surface area (Å²) in [6.45, 7) is 4.82. The van der Waals surface area contributed by atoms with Crippen molar-refractivity contribution >= 4 is 35.9 Å². The third-order valence-corrected chi connectivity index (χ3v) is 2.83. The van der Waals surface area contributed by atoms with Crippen molar-refractivity contribution in [2.75, 3.05) is 45.2 Å². The van der Waals surface area contributed by atoms with Gasteiger partial charge in [-0.2, -0.15) is 13.2 Å². The topological polar surface area (TPSA) is 83.5 Å². The Morgan fingerprint density at radius 3 is 2.60 bits per heavy atom. The van der Waals surface area contributed by atoms with E-state index in [9.17, 15) is 13.2 Å². The van der Waals surface area contributed by atoms with Crippen molar-refractivity contribution in [2.45, 2.75) is 19.5 Å². The highest BCUT2D eigenvalue weighted by Gasteiger charge is 2.32. The molecule has 0 radical (unpaired) electrons. The van der Waals surface area contributed by atoms with Gasteiger partial charge < -0.3 is 20.7 Å². The summed E-state index contributed by atoms with van der Waals surface area (Å²) in [4.78, 5) is 11.2. The third kappa shape index (κ3) is 10.3. The van der Waals surface area contributed by atoms with Crippen LogP contribution in [-0.4, -0.2) is 55.8 Å². The normalized spacial score (nSPS) is 11.6. The van der Waals surface area contributed by atoms with Crippen LogP contribution in [-0.2, 0) is 10.9 Å². The number of halogens is 4. The number of ether oxygens (including phenoxy) is 1. The molecule has 0 fully saturated rings. The molecule has 0 aliphatic rings. The second-order valence-electron chi connectivity index (χ2n) is 4.67. The van der Waals surface area contributed by atoms with Crippen LogP contribution in [0.5, 0.6) is 0 Å². The molecule has 144 valence electrons. The van der Waals surface area contributed by atoms with Crippen LogP contribution in [0.25, 0.3) is 0 Å². The number of rotatable bonds is 9. The fourth-order valence-corrected chi connectivity index (χ4v) is 1.70. The number of aromatic nitrogens is 2. The molecule has 25 heavy (non-hydrogen) atoms. The number of aliphatic imine (C=N–C) groups is 1. The van der Waals surface area contributed by atoms with E-state index < -0.39 is 11.9 Å². The van der Waals surface area contributed by atoms with Crippen LogP contribution in [0, 0.1) is 0 Å². The molecule has 0 saturated carbocycles. The lowest BCUT2D eigenvalue weighted by atomic mass is 10.4. The summed E-state index contributed by atoms with van der Waals surface area (Å²) in [5.74, 6) is 0.546. The van der Waals surface area contributed by atoms with Crippen molar-refractivity contribution in [1.82, 2.24) is 20.6 Å². The van der Waals surface area contributed by atoms with E-state index in [1.807, 2.05) is 6.92 Å². The van der Waals surface area contributed by atoms with Crippen LogP contribution in [0.4, 0.5) is 19.1 Å². The lowest BCUT2D eigenvalue weighted by molar-refractivity contribution is -0.141. The van der Waals surface area contributed by atoms with Crippen LogP contribution in [0.2, 0.25) is 0 Å². The highest BCUT2D eigenvalue weighted by atomic mass is 127. The molecule has 0 aromatic carbocycles. The minimum atomic E-state index is -4.48. The van der Waals surface area contributed by atoms with Gasteiger partial charge in [0.15, 0.2) is 5.96 Å². The standard InChI is InChI=1S/C14H23F3N6O.HI/c1-3-24-10-4-6-19-12(18-2)21-8-9-22-13-20-7-5-11(23-13)14(15,16)17;/h5,7H,3-4,6,8-10H2,1-2H3,(H2,18,19,21)(H,20,22,23);1H. The molecule has 0 spiro atoms. The quantitative estimate of drug-likeness (QED) is 0.219. The maximum Gasteiger partial charge on any atom is 0.433 e. The molecule has 1 aromatic heterocycles. The Labute approximate surface area is 162 Å². The van der Waals surface area contributed by atoms with Crippen LogP contribution < -0.4 is 16.0 Å². The number of hydrogen-bond donors (Lipinski definition) is 3. The molecule has 0 saturated heterocycles. The highest BCUT2D eigenvalue weighted by Crippen LogP contribution is 2.27. The minimum absolute atomic E-state index is 0. The van der Waals surface area contributed by atoms with Gasteiger partial charge in [0, 0.05) is 46.1 Å². The number of alkyl halides is 3. The van der Waals surface area contributed by atoms with Gasteiger partial charge in [0.2, 0.25) is 5.95 Å². The Hall–Kier alpha value is -1.37. The number of nitrogens with zero attached hydrogens (tertiary/aromatic N) is 3. The Kier molecular flexibility index (Phi) is 12.2. The first-order valence-corrected chi connectivity index (χ1v) is 7.63. The van der Waals surface area contributed by atoms with Gasteiger partial charge in [-0.25, -0.2) is 9.97 Å². The van der Waals surface area contributed by atoms with E-state index in [0.29, 0.717) is 38.8 Å². The Balaban J connectivity index is 0.00000576. The molecule has 0 aliphatic carbocycles. The fourth-order valence-electron chi connectivity index (χ4n) is 1.70. The smallest absolute Gasteiger partial charge is 0.382 e. The zero-order chi connectivity index (χ0) is 17.8. The van der Waals surface area contributed by atoms with Crippen molar-refractivity contribution in [3.63, 3.8) is 0 Å². The summed E-state index contributed by atoms with van der Waals surface area (Å²) in [6.07, 6.45) is -2.56. The first kappa shape index (κ1) is 23.6. The van der Waals surface area contributed by atoms with E-state index in [-0.39, 0.29) is 29.9 Å². The molecular formula is C14H24F3IN6O. The van der Waals surface area contributed by atoms with Gasteiger partial charge in [0.25, 0.3) is 0 Å². The van der Waals surface area contributed by atoms with E-state index in [0.717, 1.165) is 18.7 Å². The number of nitrogens with one attached hydrogen (secondary N) is 3.